The monoisotopic (exact) mass is 317 g/mol. The molecule has 0 fully saturated rings. The quantitative estimate of drug-likeness (QED) is 0.905. The van der Waals surface area contributed by atoms with Crippen LogP contribution in [-0.2, 0) is 23.0 Å². The first-order valence-corrected chi connectivity index (χ1v) is 7.49. The van der Waals surface area contributed by atoms with Crippen molar-refractivity contribution in [3.05, 3.63) is 36.0 Å². The number of para-hydroxylation sites is 1. The van der Waals surface area contributed by atoms with Crippen LogP contribution in [0.25, 0.3) is 10.9 Å². The van der Waals surface area contributed by atoms with Crippen molar-refractivity contribution in [2.45, 2.75) is 38.8 Å². The molecule has 3 N–H and O–H groups in total. The Bertz CT molecular complexity index is 728. The average Bonchev–Trinajstić information content (AvgIpc) is 2.73. The summed E-state index contributed by atoms with van der Waals surface area (Å²) in [6.07, 6.45) is 1.61. The molecule has 6 nitrogen and oxygen atoms in total. The molecule has 0 spiro atoms. The SMILES string of the molecule is Cn1cc(C[C@@H](NC(=O)OC(C)(C)C)C(N)=O)c2ccccc21. The molecule has 0 bridgehead atoms. The lowest BCUT2D eigenvalue weighted by Crippen LogP contribution is -2.47. The van der Waals surface area contributed by atoms with Crippen molar-refractivity contribution in [3.8, 4) is 0 Å². The molecule has 0 aliphatic rings. The molecule has 2 amide bonds. The van der Waals surface area contributed by atoms with E-state index in [0.29, 0.717) is 6.42 Å². The summed E-state index contributed by atoms with van der Waals surface area (Å²) in [5, 5.41) is 3.58. The molecule has 2 rings (SSSR count). The largest absolute Gasteiger partial charge is 0.444 e. The molecular formula is C17H23N3O3. The third kappa shape index (κ3) is 4.25. The molecule has 1 aromatic heterocycles. The van der Waals surface area contributed by atoms with Gasteiger partial charge in [0.15, 0.2) is 0 Å². The highest BCUT2D eigenvalue weighted by Crippen LogP contribution is 2.21. The van der Waals surface area contributed by atoms with Gasteiger partial charge in [0, 0.05) is 30.6 Å². The Balaban J connectivity index is 2.19. The number of carbonyl (C=O) groups is 2. The molecule has 1 aromatic carbocycles. The van der Waals surface area contributed by atoms with Crippen LogP contribution in [0.3, 0.4) is 0 Å². The van der Waals surface area contributed by atoms with Crippen molar-refractivity contribution < 1.29 is 14.3 Å². The molecule has 1 heterocycles. The number of alkyl carbamates (subject to hydrolysis) is 1. The minimum atomic E-state index is -0.823. The predicted molar refractivity (Wildman–Crippen MR) is 89.0 cm³/mol. The van der Waals surface area contributed by atoms with Crippen LogP contribution in [0.5, 0.6) is 0 Å². The Morgan fingerprint density at radius 2 is 1.96 bits per heavy atom. The van der Waals surface area contributed by atoms with Gasteiger partial charge in [-0.05, 0) is 32.4 Å². The molecule has 0 aliphatic carbocycles. The number of fused-ring (bicyclic) bond motifs is 1. The highest BCUT2D eigenvalue weighted by molar-refractivity contribution is 5.87. The first-order chi connectivity index (χ1) is 10.7. The lowest BCUT2D eigenvalue weighted by molar-refractivity contribution is -0.120. The maximum absolute atomic E-state index is 11.9. The van der Waals surface area contributed by atoms with E-state index in [1.165, 1.54) is 0 Å². The number of hydrogen-bond acceptors (Lipinski definition) is 3. The van der Waals surface area contributed by atoms with Crippen LogP contribution in [0.4, 0.5) is 4.79 Å². The number of rotatable bonds is 4. The molecule has 0 saturated carbocycles. The summed E-state index contributed by atoms with van der Waals surface area (Å²) >= 11 is 0. The summed E-state index contributed by atoms with van der Waals surface area (Å²) in [6, 6.07) is 7.05. The van der Waals surface area contributed by atoms with Crippen molar-refractivity contribution in [2.75, 3.05) is 0 Å². The second-order valence-electron chi connectivity index (χ2n) is 6.59. The molecule has 6 heteroatoms. The average molecular weight is 317 g/mol. The van der Waals surface area contributed by atoms with Gasteiger partial charge >= 0.3 is 6.09 Å². The second-order valence-corrected chi connectivity index (χ2v) is 6.59. The van der Waals surface area contributed by atoms with E-state index in [-0.39, 0.29) is 0 Å². The van der Waals surface area contributed by atoms with Gasteiger partial charge in [-0.2, -0.15) is 0 Å². The highest BCUT2D eigenvalue weighted by Gasteiger charge is 2.24. The summed E-state index contributed by atoms with van der Waals surface area (Å²) in [4.78, 5) is 23.6. The third-order valence-corrected chi connectivity index (χ3v) is 3.44. The zero-order chi connectivity index (χ0) is 17.2. The Kier molecular flexibility index (Phi) is 4.63. The lowest BCUT2D eigenvalue weighted by atomic mass is 10.0. The van der Waals surface area contributed by atoms with Gasteiger partial charge in [-0.3, -0.25) is 4.79 Å². The topological polar surface area (TPSA) is 86.3 Å². The van der Waals surface area contributed by atoms with Crippen LogP contribution in [0.1, 0.15) is 26.3 Å². The molecule has 0 saturated heterocycles. The summed E-state index contributed by atoms with van der Waals surface area (Å²) in [5.41, 5.74) is 6.80. The van der Waals surface area contributed by atoms with Crippen LogP contribution in [0.15, 0.2) is 30.5 Å². The van der Waals surface area contributed by atoms with E-state index in [9.17, 15) is 9.59 Å². The number of nitrogens with two attached hydrogens (primary N) is 1. The van der Waals surface area contributed by atoms with E-state index in [4.69, 9.17) is 10.5 Å². The van der Waals surface area contributed by atoms with Gasteiger partial charge < -0.3 is 20.4 Å². The molecule has 0 aliphatic heterocycles. The van der Waals surface area contributed by atoms with Crippen LogP contribution in [0, 0.1) is 0 Å². The van der Waals surface area contributed by atoms with Gasteiger partial charge in [0.25, 0.3) is 0 Å². The minimum Gasteiger partial charge on any atom is -0.444 e. The number of primary amides is 1. The predicted octanol–water partition coefficient (Wildman–Crippen LogP) is 2.10. The standard InChI is InChI=1S/C17H23N3O3/c1-17(2,3)23-16(22)19-13(15(18)21)9-11-10-20(4)14-8-6-5-7-12(11)14/h5-8,10,13H,9H2,1-4H3,(H2,18,21)(H,19,22)/t13-/m1/s1. The van der Waals surface area contributed by atoms with Crippen LogP contribution in [0.2, 0.25) is 0 Å². The van der Waals surface area contributed by atoms with E-state index in [1.54, 1.807) is 20.8 Å². The molecule has 0 unspecified atom stereocenters. The zero-order valence-corrected chi connectivity index (χ0v) is 13.9. The fourth-order valence-electron chi connectivity index (χ4n) is 2.48. The Morgan fingerprint density at radius 3 is 2.57 bits per heavy atom. The number of benzene rings is 1. The van der Waals surface area contributed by atoms with Crippen LogP contribution in [-0.4, -0.2) is 28.2 Å². The van der Waals surface area contributed by atoms with Gasteiger partial charge in [-0.15, -0.1) is 0 Å². The third-order valence-electron chi connectivity index (χ3n) is 3.44. The number of hydrogen-bond donors (Lipinski definition) is 2. The van der Waals surface area contributed by atoms with E-state index >= 15 is 0 Å². The van der Waals surface area contributed by atoms with Crippen LogP contribution < -0.4 is 11.1 Å². The number of aryl methyl sites for hydroxylation is 1. The Labute approximate surface area is 135 Å². The zero-order valence-electron chi connectivity index (χ0n) is 13.9. The highest BCUT2D eigenvalue weighted by atomic mass is 16.6. The Hall–Kier alpha value is -2.50. The number of nitrogens with one attached hydrogen (secondary N) is 1. The second kappa shape index (κ2) is 6.32. The summed E-state index contributed by atoms with van der Waals surface area (Å²) in [7, 11) is 1.94. The molecule has 1 atom stereocenters. The summed E-state index contributed by atoms with van der Waals surface area (Å²) in [6.45, 7) is 5.28. The molecule has 23 heavy (non-hydrogen) atoms. The van der Waals surface area contributed by atoms with Crippen molar-refractivity contribution in [2.24, 2.45) is 12.8 Å². The number of carbonyl (C=O) groups excluding carboxylic acids is 2. The Morgan fingerprint density at radius 1 is 1.30 bits per heavy atom. The van der Waals surface area contributed by atoms with Crippen molar-refractivity contribution in [1.82, 2.24) is 9.88 Å². The van der Waals surface area contributed by atoms with Crippen molar-refractivity contribution >= 4 is 22.9 Å². The van der Waals surface area contributed by atoms with E-state index in [1.807, 2.05) is 42.1 Å². The number of aromatic nitrogens is 1. The number of ether oxygens (including phenoxy) is 1. The lowest BCUT2D eigenvalue weighted by Gasteiger charge is -2.22. The van der Waals surface area contributed by atoms with Gasteiger partial charge in [0.2, 0.25) is 5.91 Å². The first kappa shape index (κ1) is 16.9. The smallest absolute Gasteiger partial charge is 0.408 e. The van der Waals surface area contributed by atoms with E-state index < -0.39 is 23.6 Å². The molecular weight excluding hydrogens is 294 g/mol. The summed E-state index contributed by atoms with van der Waals surface area (Å²) < 4.78 is 7.17. The maximum atomic E-state index is 11.9. The first-order valence-electron chi connectivity index (χ1n) is 7.49. The maximum Gasteiger partial charge on any atom is 0.408 e. The number of amides is 2. The fraction of sp³-hybridized carbons (Fsp3) is 0.412. The van der Waals surface area contributed by atoms with E-state index in [0.717, 1.165) is 16.5 Å². The molecule has 2 aromatic rings. The van der Waals surface area contributed by atoms with Gasteiger partial charge in [-0.1, -0.05) is 18.2 Å². The molecule has 124 valence electrons. The minimum absolute atomic E-state index is 0.315. The van der Waals surface area contributed by atoms with Gasteiger partial charge in [-0.25, -0.2) is 4.79 Å². The van der Waals surface area contributed by atoms with Gasteiger partial charge in [0.1, 0.15) is 11.6 Å². The van der Waals surface area contributed by atoms with E-state index in [2.05, 4.69) is 5.32 Å². The number of nitrogens with zero attached hydrogens (tertiary/aromatic N) is 1. The van der Waals surface area contributed by atoms with Crippen molar-refractivity contribution in [3.63, 3.8) is 0 Å². The van der Waals surface area contributed by atoms with Crippen molar-refractivity contribution in [1.29, 1.82) is 0 Å². The van der Waals surface area contributed by atoms with Crippen LogP contribution >= 0.6 is 0 Å². The fourth-order valence-corrected chi connectivity index (χ4v) is 2.48. The summed E-state index contributed by atoms with van der Waals surface area (Å²) in [5.74, 6) is -0.594. The van der Waals surface area contributed by atoms with Gasteiger partial charge in [0.05, 0.1) is 0 Å². The normalized spacial score (nSPS) is 12.9. The molecule has 0 radical (unpaired) electrons.